The topological polar surface area (TPSA) is 58.4 Å². The predicted molar refractivity (Wildman–Crippen MR) is 54.0 cm³/mol. The molecular formula is C10H15N3O2. The van der Waals surface area contributed by atoms with E-state index in [4.69, 9.17) is 0 Å². The molecule has 0 aliphatic heterocycles. The first-order chi connectivity index (χ1) is 7.27. The third kappa shape index (κ3) is 2.79. The minimum atomic E-state index is 0.140. The Morgan fingerprint density at radius 1 is 1.73 bits per heavy atom. The standard InChI is InChI=1S/C10H15N3O2/c1-13(9-2-3-9)10(14)7-11-6-8-4-5-15-12-8/h4-5,9,11H,2-3,6-7H2,1H3. The van der Waals surface area contributed by atoms with Gasteiger partial charge in [0.05, 0.1) is 12.2 Å². The van der Waals surface area contributed by atoms with Crippen LogP contribution in [0.15, 0.2) is 16.9 Å². The Balaban J connectivity index is 1.67. The fourth-order valence-corrected chi connectivity index (χ4v) is 1.42. The van der Waals surface area contributed by atoms with E-state index in [0.29, 0.717) is 19.1 Å². The van der Waals surface area contributed by atoms with Gasteiger partial charge in [0.15, 0.2) is 0 Å². The van der Waals surface area contributed by atoms with Crippen molar-refractivity contribution < 1.29 is 9.32 Å². The first-order valence-electron chi connectivity index (χ1n) is 5.13. The van der Waals surface area contributed by atoms with E-state index < -0.39 is 0 Å². The number of carbonyl (C=O) groups excluding carboxylic acids is 1. The zero-order valence-corrected chi connectivity index (χ0v) is 8.77. The number of likely N-dealkylation sites (N-methyl/N-ethyl adjacent to an activating group) is 1. The third-order valence-electron chi connectivity index (χ3n) is 2.56. The van der Waals surface area contributed by atoms with E-state index in [1.807, 2.05) is 11.9 Å². The van der Waals surface area contributed by atoms with Gasteiger partial charge in [-0.1, -0.05) is 5.16 Å². The zero-order chi connectivity index (χ0) is 10.7. The van der Waals surface area contributed by atoms with Crippen LogP contribution in [0, 0.1) is 0 Å². The Morgan fingerprint density at radius 3 is 3.13 bits per heavy atom. The van der Waals surface area contributed by atoms with Crippen molar-refractivity contribution in [3.05, 3.63) is 18.0 Å². The average molecular weight is 209 g/mol. The minimum absolute atomic E-state index is 0.140. The molecule has 82 valence electrons. The number of aromatic nitrogens is 1. The Bertz CT molecular complexity index is 319. The van der Waals surface area contributed by atoms with E-state index in [1.165, 1.54) is 6.26 Å². The van der Waals surface area contributed by atoms with Gasteiger partial charge in [-0.05, 0) is 12.8 Å². The van der Waals surface area contributed by atoms with Crippen molar-refractivity contribution in [2.45, 2.75) is 25.4 Å². The van der Waals surface area contributed by atoms with E-state index in [0.717, 1.165) is 18.5 Å². The summed E-state index contributed by atoms with van der Waals surface area (Å²) in [5, 5.41) is 6.78. The highest BCUT2D eigenvalue weighted by Gasteiger charge is 2.28. The molecule has 1 aromatic rings. The molecule has 1 amide bonds. The Kier molecular flexibility index (Phi) is 3.01. The van der Waals surface area contributed by atoms with Crippen molar-refractivity contribution in [2.24, 2.45) is 0 Å². The average Bonchev–Trinajstić information content (AvgIpc) is 2.96. The van der Waals surface area contributed by atoms with Gasteiger partial charge in [-0.3, -0.25) is 4.79 Å². The maximum absolute atomic E-state index is 11.6. The maximum atomic E-state index is 11.6. The van der Waals surface area contributed by atoms with Gasteiger partial charge in [0.25, 0.3) is 0 Å². The molecule has 0 saturated heterocycles. The maximum Gasteiger partial charge on any atom is 0.236 e. The molecule has 2 rings (SSSR count). The molecule has 1 aliphatic carbocycles. The Hall–Kier alpha value is -1.36. The van der Waals surface area contributed by atoms with Gasteiger partial charge in [0.1, 0.15) is 6.26 Å². The third-order valence-corrected chi connectivity index (χ3v) is 2.56. The van der Waals surface area contributed by atoms with Gasteiger partial charge in [0, 0.05) is 25.7 Å². The molecule has 5 nitrogen and oxygen atoms in total. The monoisotopic (exact) mass is 209 g/mol. The summed E-state index contributed by atoms with van der Waals surface area (Å²) in [4.78, 5) is 13.4. The molecule has 5 heteroatoms. The highest BCUT2D eigenvalue weighted by Crippen LogP contribution is 2.24. The molecule has 15 heavy (non-hydrogen) atoms. The van der Waals surface area contributed by atoms with Crippen molar-refractivity contribution >= 4 is 5.91 Å². The van der Waals surface area contributed by atoms with Crippen LogP contribution in [-0.2, 0) is 11.3 Å². The minimum Gasteiger partial charge on any atom is -0.364 e. The van der Waals surface area contributed by atoms with Gasteiger partial charge >= 0.3 is 0 Å². The first-order valence-corrected chi connectivity index (χ1v) is 5.13. The van der Waals surface area contributed by atoms with E-state index in [1.54, 1.807) is 6.07 Å². The lowest BCUT2D eigenvalue weighted by molar-refractivity contribution is -0.129. The van der Waals surface area contributed by atoms with Crippen LogP contribution >= 0.6 is 0 Å². The summed E-state index contributed by atoms with van der Waals surface area (Å²) in [6.07, 6.45) is 3.81. The molecule has 0 unspecified atom stereocenters. The number of hydrogen-bond donors (Lipinski definition) is 1. The van der Waals surface area contributed by atoms with Gasteiger partial charge in [-0.25, -0.2) is 0 Å². The van der Waals surface area contributed by atoms with Crippen LogP contribution in [0.1, 0.15) is 18.5 Å². The molecule has 1 N–H and O–H groups in total. The number of hydrogen-bond acceptors (Lipinski definition) is 4. The smallest absolute Gasteiger partial charge is 0.236 e. The molecule has 0 bridgehead atoms. The lowest BCUT2D eigenvalue weighted by Gasteiger charge is -2.16. The number of nitrogens with one attached hydrogen (secondary N) is 1. The number of rotatable bonds is 5. The lowest BCUT2D eigenvalue weighted by atomic mass is 10.4. The fourth-order valence-electron chi connectivity index (χ4n) is 1.42. The van der Waals surface area contributed by atoms with Crippen LogP contribution < -0.4 is 5.32 Å². The van der Waals surface area contributed by atoms with Gasteiger partial charge in [-0.15, -0.1) is 0 Å². The molecule has 0 radical (unpaired) electrons. The zero-order valence-electron chi connectivity index (χ0n) is 8.77. The second-order valence-corrected chi connectivity index (χ2v) is 3.83. The molecule has 1 aromatic heterocycles. The SMILES string of the molecule is CN(C(=O)CNCc1ccon1)C1CC1. The first kappa shape index (κ1) is 10.2. The van der Waals surface area contributed by atoms with Crippen LogP contribution in [0.3, 0.4) is 0 Å². The molecule has 1 heterocycles. The summed E-state index contributed by atoms with van der Waals surface area (Å²) in [5.74, 6) is 0.140. The summed E-state index contributed by atoms with van der Waals surface area (Å²) in [5.41, 5.74) is 0.817. The molecule has 0 aromatic carbocycles. The molecular weight excluding hydrogens is 194 g/mol. The molecule has 1 aliphatic rings. The predicted octanol–water partition coefficient (Wildman–Crippen LogP) is 0.385. The van der Waals surface area contributed by atoms with Crippen molar-refractivity contribution in [3.8, 4) is 0 Å². The molecule has 1 saturated carbocycles. The van der Waals surface area contributed by atoms with Gasteiger partial charge < -0.3 is 14.7 Å². The summed E-state index contributed by atoms with van der Waals surface area (Å²) in [6, 6.07) is 2.26. The number of amides is 1. The summed E-state index contributed by atoms with van der Waals surface area (Å²) in [7, 11) is 1.86. The van der Waals surface area contributed by atoms with Crippen LogP contribution in [0.4, 0.5) is 0 Å². The molecule has 0 atom stereocenters. The largest absolute Gasteiger partial charge is 0.364 e. The van der Waals surface area contributed by atoms with Crippen LogP contribution in [0.25, 0.3) is 0 Å². The van der Waals surface area contributed by atoms with Crippen molar-refractivity contribution in [1.82, 2.24) is 15.4 Å². The van der Waals surface area contributed by atoms with Gasteiger partial charge in [0.2, 0.25) is 5.91 Å². The van der Waals surface area contributed by atoms with Crippen LogP contribution in [-0.4, -0.2) is 35.6 Å². The number of nitrogens with zero attached hydrogens (tertiary/aromatic N) is 2. The Morgan fingerprint density at radius 2 is 2.53 bits per heavy atom. The lowest BCUT2D eigenvalue weighted by Crippen LogP contribution is -2.36. The number of carbonyl (C=O) groups is 1. The highest BCUT2D eigenvalue weighted by atomic mass is 16.5. The van der Waals surface area contributed by atoms with Crippen molar-refractivity contribution in [3.63, 3.8) is 0 Å². The fraction of sp³-hybridized carbons (Fsp3) is 0.600. The quantitative estimate of drug-likeness (QED) is 0.762. The molecule has 1 fully saturated rings. The summed E-state index contributed by atoms with van der Waals surface area (Å²) >= 11 is 0. The molecule has 0 spiro atoms. The van der Waals surface area contributed by atoms with E-state index in [9.17, 15) is 4.79 Å². The highest BCUT2D eigenvalue weighted by molar-refractivity contribution is 5.78. The van der Waals surface area contributed by atoms with Crippen molar-refractivity contribution in [2.75, 3.05) is 13.6 Å². The van der Waals surface area contributed by atoms with Crippen molar-refractivity contribution in [1.29, 1.82) is 0 Å². The summed E-state index contributed by atoms with van der Waals surface area (Å²) in [6.45, 7) is 0.931. The normalized spacial score (nSPS) is 15.3. The Labute approximate surface area is 88.4 Å². The second-order valence-electron chi connectivity index (χ2n) is 3.83. The van der Waals surface area contributed by atoms with E-state index in [2.05, 4.69) is 15.0 Å². The van der Waals surface area contributed by atoms with E-state index in [-0.39, 0.29) is 5.91 Å². The van der Waals surface area contributed by atoms with E-state index >= 15 is 0 Å². The van der Waals surface area contributed by atoms with Crippen LogP contribution in [0.5, 0.6) is 0 Å². The van der Waals surface area contributed by atoms with Crippen LogP contribution in [0.2, 0.25) is 0 Å². The second kappa shape index (κ2) is 4.44. The summed E-state index contributed by atoms with van der Waals surface area (Å²) < 4.78 is 4.68. The van der Waals surface area contributed by atoms with Gasteiger partial charge in [-0.2, -0.15) is 0 Å².